The Balaban J connectivity index is 1.75. The molecule has 0 aliphatic heterocycles. The molecule has 0 fully saturated rings. The molecule has 0 spiro atoms. The van der Waals surface area contributed by atoms with Crippen molar-refractivity contribution in [2.45, 2.75) is 11.4 Å². The molecule has 0 radical (unpaired) electrons. The van der Waals surface area contributed by atoms with E-state index in [1.54, 1.807) is 0 Å². The summed E-state index contributed by atoms with van der Waals surface area (Å²) in [5, 5.41) is 2.27. The van der Waals surface area contributed by atoms with E-state index in [1.165, 1.54) is 0 Å². The summed E-state index contributed by atoms with van der Waals surface area (Å²) in [6.07, 6.45) is 0. The monoisotopic (exact) mass is 281 g/mol. The SMILES string of the molecule is O=S(NCc1ccccc1)c1ccc2ccccc2c1. The molecule has 0 bridgehead atoms. The maximum atomic E-state index is 12.3. The molecule has 1 unspecified atom stereocenters. The van der Waals surface area contributed by atoms with Crippen LogP contribution in [-0.4, -0.2) is 4.21 Å². The molecule has 3 aromatic rings. The standard InChI is InChI=1S/C17H15NOS/c19-20(18-13-14-6-2-1-3-7-14)17-11-10-15-8-4-5-9-16(15)12-17/h1-12,18H,13H2. The Morgan fingerprint density at radius 3 is 2.30 bits per heavy atom. The lowest BCUT2D eigenvalue weighted by molar-refractivity contribution is 0.672. The average molecular weight is 281 g/mol. The van der Waals surface area contributed by atoms with Gasteiger partial charge in [0.15, 0.2) is 0 Å². The van der Waals surface area contributed by atoms with Crippen molar-refractivity contribution in [3.63, 3.8) is 0 Å². The third-order valence-electron chi connectivity index (χ3n) is 3.19. The Kier molecular flexibility index (Phi) is 3.90. The highest BCUT2D eigenvalue weighted by molar-refractivity contribution is 7.83. The van der Waals surface area contributed by atoms with Gasteiger partial charge in [-0.25, -0.2) is 8.93 Å². The molecule has 0 saturated heterocycles. The summed E-state index contributed by atoms with van der Waals surface area (Å²) in [5.41, 5.74) is 1.13. The van der Waals surface area contributed by atoms with E-state index in [0.29, 0.717) is 6.54 Å². The molecular formula is C17H15NOS. The van der Waals surface area contributed by atoms with Crippen molar-refractivity contribution in [1.82, 2.24) is 4.72 Å². The summed E-state index contributed by atoms with van der Waals surface area (Å²) in [6, 6.07) is 24.0. The van der Waals surface area contributed by atoms with E-state index in [9.17, 15) is 4.21 Å². The lowest BCUT2D eigenvalue weighted by Crippen LogP contribution is -2.16. The predicted molar refractivity (Wildman–Crippen MR) is 83.6 cm³/mol. The quantitative estimate of drug-likeness (QED) is 0.777. The van der Waals surface area contributed by atoms with Crippen LogP contribution in [-0.2, 0) is 17.5 Å². The zero-order valence-electron chi connectivity index (χ0n) is 11.0. The maximum absolute atomic E-state index is 12.3. The van der Waals surface area contributed by atoms with Gasteiger partial charge < -0.3 is 0 Å². The molecule has 2 nitrogen and oxygen atoms in total. The Hall–Kier alpha value is -1.97. The molecular weight excluding hydrogens is 266 g/mol. The van der Waals surface area contributed by atoms with Crippen LogP contribution in [0.5, 0.6) is 0 Å². The minimum atomic E-state index is -1.19. The summed E-state index contributed by atoms with van der Waals surface area (Å²) in [5.74, 6) is 0. The topological polar surface area (TPSA) is 29.1 Å². The second kappa shape index (κ2) is 5.99. The smallest absolute Gasteiger partial charge is 0.125 e. The molecule has 0 amide bonds. The number of benzene rings is 3. The fourth-order valence-corrected chi connectivity index (χ4v) is 3.00. The van der Waals surface area contributed by atoms with Gasteiger partial charge in [0.1, 0.15) is 11.0 Å². The minimum Gasteiger partial charge on any atom is -0.237 e. The van der Waals surface area contributed by atoms with Gasteiger partial charge in [0.05, 0.1) is 4.90 Å². The van der Waals surface area contributed by atoms with E-state index in [1.807, 2.05) is 66.7 Å². The molecule has 0 aliphatic rings. The number of rotatable bonds is 4. The first-order chi connectivity index (χ1) is 9.83. The first-order valence-corrected chi connectivity index (χ1v) is 7.66. The van der Waals surface area contributed by atoms with Crippen molar-refractivity contribution in [2.24, 2.45) is 0 Å². The molecule has 100 valence electrons. The van der Waals surface area contributed by atoms with Gasteiger partial charge in [0.25, 0.3) is 0 Å². The van der Waals surface area contributed by atoms with Gasteiger partial charge in [-0.3, -0.25) is 0 Å². The van der Waals surface area contributed by atoms with Crippen LogP contribution < -0.4 is 4.72 Å². The van der Waals surface area contributed by atoms with Crippen LogP contribution >= 0.6 is 0 Å². The van der Waals surface area contributed by atoms with E-state index in [4.69, 9.17) is 0 Å². The van der Waals surface area contributed by atoms with Crippen LogP contribution in [0.2, 0.25) is 0 Å². The largest absolute Gasteiger partial charge is 0.237 e. The molecule has 0 saturated carbocycles. The summed E-state index contributed by atoms with van der Waals surface area (Å²) in [6.45, 7) is 0.597. The van der Waals surface area contributed by atoms with Gasteiger partial charge in [-0.1, -0.05) is 60.7 Å². The summed E-state index contributed by atoms with van der Waals surface area (Å²) in [4.78, 5) is 0.805. The third-order valence-corrected chi connectivity index (χ3v) is 4.27. The van der Waals surface area contributed by atoms with Crippen LogP contribution in [0.4, 0.5) is 0 Å². The van der Waals surface area contributed by atoms with E-state index in [2.05, 4.69) is 10.8 Å². The van der Waals surface area contributed by atoms with Gasteiger partial charge in [-0.15, -0.1) is 0 Å². The second-order valence-corrected chi connectivity index (χ2v) is 5.88. The third kappa shape index (κ3) is 2.95. The van der Waals surface area contributed by atoms with Crippen LogP contribution in [0.15, 0.2) is 77.7 Å². The molecule has 0 heterocycles. The lowest BCUT2D eigenvalue weighted by atomic mass is 10.1. The zero-order chi connectivity index (χ0) is 13.8. The number of fused-ring (bicyclic) bond motifs is 1. The normalized spacial score (nSPS) is 12.4. The molecule has 20 heavy (non-hydrogen) atoms. The summed E-state index contributed by atoms with van der Waals surface area (Å²) in [7, 11) is -1.19. The second-order valence-electron chi connectivity index (χ2n) is 4.58. The Bertz CT molecular complexity index is 740. The lowest BCUT2D eigenvalue weighted by Gasteiger charge is -2.06. The van der Waals surface area contributed by atoms with Crippen molar-refractivity contribution in [3.8, 4) is 0 Å². The zero-order valence-corrected chi connectivity index (χ0v) is 11.8. The highest BCUT2D eigenvalue weighted by atomic mass is 32.2. The fourth-order valence-electron chi connectivity index (χ4n) is 2.11. The van der Waals surface area contributed by atoms with Crippen LogP contribution in [0, 0.1) is 0 Å². The summed E-state index contributed by atoms with van der Waals surface area (Å²) < 4.78 is 15.3. The highest BCUT2D eigenvalue weighted by Gasteiger charge is 2.04. The van der Waals surface area contributed by atoms with Crippen molar-refractivity contribution in [1.29, 1.82) is 0 Å². The molecule has 0 aromatic heterocycles. The first kappa shape index (κ1) is 13.0. The van der Waals surface area contributed by atoms with E-state index in [-0.39, 0.29) is 0 Å². The minimum absolute atomic E-state index is 0.597. The van der Waals surface area contributed by atoms with Crippen LogP contribution in [0.3, 0.4) is 0 Å². The molecule has 0 aliphatic carbocycles. The molecule has 1 N–H and O–H groups in total. The van der Waals surface area contributed by atoms with Gasteiger partial charge in [0.2, 0.25) is 0 Å². The summed E-state index contributed by atoms with van der Waals surface area (Å²) >= 11 is 0. The number of hydrogen-bond acceptors (Lipinski definition) is 1. The van der Waals surface area contributed by atoms with Crippen LogP contribution in [0.25, 0.3) is 10.8 Å². The van der Waals surface area contributed by atoms with Crippen molar-refractivity contribution in [2.75, 3.05) is 0 Å². The number of nitrogens with one attached hydrogen (secondary N) is 1. The maximum Gasteiger partial charge on any atom is 0.125 e. The Labute approximate surface area is 121 Å². The molecule has 3 aromatic carbocycles. The van der Waals surface area contributed by atoms with Crippen molar-refractivity contribution in [3.05, 3.63) is 78.4 Å². The fraction of sp³-hybridized carbons (Fsp3) is 0.0588. The average Bonchev–Trinajstić information content (AvgIpc) is 2.53. The molecule has 3 heteroatoms. The Morgan fingerprint density at radius 2 is 1.50 bits per heavy atom. The molecule has 1 atom stereocenters. The molecule has 3 rings (SSSR count). The van der Waals surface area contributed by atoms with Gasteiger partial charge in [0, 0.05) is 6.54 Å². The van der Waals surface area contributed by atoms with Gasteiger partial charge >= 0.3 is 0 Å². The van der Waals surface area contributed by atoms with Crippen LogP contribution in [0.1, 0.15) is 5.56 Å². The predicted octanol–water partition coefficient (Wildman–Crippen LogP) is 3.65. The highest BCUT2D eigenvalue weighted by Crippen LogP contribution is 2.17. The van der Waals surface area contributed by atoms with E-state index < -0.39 is 11.0 Å². The first-order valence-electron chi connectivity index (χ1n) is 6.51. The number of hydrogen-bond donors (Lipinski definition) is 1. The van der Waals surface area contributed by atoms with Crippen molar-refractivity contribution >= 4 is 21.8 Å². The Morgan fingerprint density at radius 1 is 0.800 bits per heavy atom. The van der Waals surface area contributed by atoms with E-state index >= 15 is 0 Å². The van der Waals surface area contributed by atoms with E-state index in [0.717, 1.165) is 21.2 Å². The van der Waals surface area contributed by atoms with Crippen molar-refractivity contribution < 1.29 is 4.21 Å². The van der Waals surface area contributed by atoms with Gasteiger partial charge in [-0.05, 0) is 28.5 Å². The van der Waals surface area contributed by atoms with Gasteiger partial charge in [-0.2, -0.15) is 0 Å².